The van der Waals surface area contributed by atoms with E-state index < -0.39 is 0 Å². The molecule has 0 spiro atoms. The number of carbonyl (C=O) groups is 2. The average Bonchev–Trinajstić information content (AvgIpc) is 2.73. The number of rotatable bonds is 6. The van der Waals surface area contributed by atoms with Crippen LogP contribution < -0.4 is 20.7 Å². The van der Waals surface area contributed by atoms with Crippen LogP contribution in [0.25, 0.3) is 0 Å². The van der Waals surface area contributed by atoms with Gasteiger partial charge in [0, 0.05) is 44.4 Å². The van der Waals surface area contributed by atoms with Crippen molar-refractivity contribution in [2.24, 2.45) is 5.41 Å². The number of anilines is 2. The Balaban J connectivity index is 1.65. The summed E-state index contributed by atoms with van der Waals surface area (Å²) in [5.74, 6) is 0.299. The second-order valence-electron chi connectivity index (χ2n) is 9.37. The summed E-state index contributed by atoms with van der Waals surface area (Å²) < 4.78 is 5.34. The summed E-state index contributed by atoms with van der Waals surface area (Å²) in [5, 5.41) is 8.76. The first-order chi connectivity index (χ1) is 15.2. The summed E-state index contributed by atoms with van der Waals surface area (Å²) in [6.45, 7) is 10.5. The van der Waals surface area contributed by atoms with E-state index in [-0.39, 0.29) is 23.4 Å². The van der Waals surface area contributed by atoms with Crippen molar-refractivity contribution in [3.8, 4) is 5.75 Å². The number of methoxy groups -OCH3 is 1. The number of carbonyl (C=O) groups excluding carboxylic acids is 2. The van der Waals surface area contributed by atoms with Gasteiger partial charge >= 0.3 is 6.03 Å². The van der Waals surface area contributed by atoms with Crippen LogP contribution in [0.1, 0.15) is 38.8 Å². The van der Waals surface area contributed by atoms with Crippen LogP contribution in [-0.4, -0.2) is 43.1 Å². The number of nitrogens with one attached hydrogen (secondary N) is 3. The lowest BCUT2D eigenvalue weighted by Crippen LogP contribution is -2.52. The molecule has 1 atom stereocenters. The monoisotopic (exact) mass is 438 g/mol. The predicted octanol–water partition coefficient (Wildman–Crippen LogP) is 4.25. The molecule has 1 heterocycles. The summed E-state index contributed by atoms with van der Waals surface area (Å²) in [7, 11) is 1.52. The van der Waals surface area contributed by atoms with Gasteiger partial charge in [0.2, 0.25) is 5.91 Å². The van der Waals surface area contributed by atoms with Gasteiger partial charge in [-0.25, -0.2) is 4.79 Å². The summed E-state index contributed by atoms with van der Waals surface area (Å²) >= 11 is 0. The normalized spacial score (nSPS) is 14.8. The summed E-state index contributed by atoms with van der Waals surface area (Å²) in [5.41, 5.74) is 3.82. The number of fused-ring (bicyclic) bond motifs is 1. The van der Waals surface area contributed by atoms with Crippen LogP contribution >= 0.6 is 0 Å². The number of amides is 3. The molecule has 7 nitrogen and oxygen atoms in total. The smallest absolute Gasteiger partial charge is 0.319 e. The van der Waals surface area contributed by atoms with Crippen LogP contribution in [0.5, 0.6) is 5.75 Å². The third kappa shape index (κ3) is 6.23. The molecule has 2 aromatic carbocycles. The zero-order chi connectivity index (χ0) is 23.3. The van der Waals surface area contributed by atoms with Gasteiger partial charge in [0.25, 0.3) is 0 Å². The van der Waals surface area contributed by atoms with Gasteiger partial charge in [-0.05, 0) is 35.1 Å². The molecule has 2 aromatic rings. The Morgan fingerprint density at radius 1 is 1.09 bits per heavy atom. The molecule has 1 aliphatic heterocycles. The number of hydrogen-bond donors (Lipinski definition) is 3. The van der Waals surface area contributed by atoms with Crippen LogP contribution in [0.4, 0.5) is 16.2 Å². The van der Waals surface area contributed by atoms with Gasteiger partial charge in [-0.15, -0.1) is 0 Å². The van der Waals surface area contributed by atoms with Crippen molar-refractivity contribution in [3.63, 3.8) is 0 Å². The van der Waals surface area contributed by atoms with Gasteiger partial charge < -0.3 is 20.7 Å². The number of benzene rings is 2. The van der Waals surface area contributed by atoms with Crippen molar-refractivity contribution in [2.45, 2.75) is 46.7 Å². The van der Waals surface area contributed by atoms with E-state index in [2.05, 4.69) is 65.9 Å². The molecule has 3 N–H and O–H groups in total. The molecule has 0 fully saturated rings. The van der Waals surface area contributed by atoms with Crippen molar-refractivity contribution < 1.29 is 14.3 Å². The lowest BCUT2D eigenvalue weighted by molar-refractivity contribution is -0.114. The van der Waals surface area contributed by atoms with Crippen LogP contribution in [0, 0.1) is 5.41 Å². The Hall–Kier alpha value is -3.06. The van der Waals surface area contributed by atoms with Gasteiger partial charge in [0.1, 0.15) is 5.75 Å². The maximum absolute atomic E-state index is 12.8. The fourth-order valence-corrected chi connectivity index (χ4v) is 3.89. The van der Waals surface area contributed by atoms with Crippen molar-refractivity contribution in [3.05, 3.63) is 53.6 Å². The van der Waals surface area contributed by atoms with Crippen molar-refractivity contribution >= 4 is 23.3 Å². The molecule has 1 aliphatic rings. The molecule has 0 aliphatic carbocycles. The van der Waals surface area contributed by atoms with E-state index in [1.54, 1.807) is 18.2 Å². The maximum Gasteiger partial charge on any atom is 0.319 e. The molecular formula is C25H34N4O3. The van der Waals surface area contributed by atoms with Gasteiger partial charge in [-0.3, -0.25) is 9.69 Å². The molecule has 3 amide bonds. The van der Waals surface area contributed by atoms with E-state index in [9.17, 15) is 9.59 Å². The average molecular weight is 439 g/mol. The molecule has 0 saturated heterocycles. The maximum atomic E-state index is 12.8. The van der Waals surface area contributed by atoms with Crippen molar-refractivity contribution in [2.75, 3.05) is 30.8 Å². The highest BCUT2D eigenvalue weighted by Crippen LogP contribution is 2.28. The lowest BCUT2D eigenvalue weighted by Gasteiger charge is -2.37. The van der Waals surface area contributed by atoms with Crippen LogP contribution in [0.3, 0.4) is 0 Å². The first kappa shape index (κ1) is 23.6. The van der Waals surface area contributed by atoms with Crippen LogP contribution in [0.15, 0.2) is 42.5 Å². The second kappa shape index (κ2) is 10.0. The number of hydrogen-bond acceptors (Lipinski definition) is 4. The Kier molecular flexibility index (Phi) is 7.40. The highest BCUT2D eigenvalue weighted by Gasteiger charge is 2.29. The number of nitrogens with zero attached hydrogens (tertiary/aromatic N) is 1. The fourth-order valence-electron chi connectivity index (χ4n) is 3.89. The molecule has 0 aromatic heterocycles. The summed E-state index contributed by atoms with van der Waals surface area (Å²) in [4.78, 5) is 26.6. The molecule has 1 unspecified atom stereocenters. The Labute approximate surface area is 190 Å². The molecule has 7 heteroatoms. The van der Waals surface area contributed by atoms with Gasteiger partial charge in [-0.2, -0.15) is 0 Å². The van der Waals surface area contributed by atoms with E-state index in [4.69, 9.17) is 4.74 Å². The molecule has 0 bridgehead atoms. The SMILES string of the molecule is COc1cc(NC(=O)NC(CN2CCc3ccccc3C2)C(C)(C)C)ccc1NC(C)=O. The van der Waals surface area contributed by atoms with Crippen LogP contribution in [0.2, 0.25) is 0 Å². The van der Waals surface area contributed by atoms with Crippen LogP contribution in [-0.2, 0) is 17.8 Å². The summed E-state index contributed by atoms with van der Waals surface area (Å²) in [6, 6.07) is 13.4. The van der Waals surface area contributed by atoms with Gasteiger partial charge in [0.05, 0.1) is 12.8 Å². The lowest BCUT2D eigenvalue weighted by atomic mass is 9.86. The topological polar surface area (TPSA) is 82.7 Å². The highest BCUT2D eigenvalue weighted by molar-refractivity contribution is 5.93. The van der Waals surface area contributed by atoms with Gasteiger partial charge in [-0.1, -0.05) is 45.0 Å². The Morgan fingerprint density at radius 2 is 1.81 bits per heavy atom. The minimum Gasteiger partial charge on any atom is -0.494 e. The number of urea groups is 1. The summed E-state index contributed by atoms with van der Waals surface area (Å²) in [6.07, 6.45) is 1.03. The minimum atomic E-state index is -0.267. The van der Waals surface area contributed by atoms with E-state index >= 15 is 0 Å². The number of ether oxygens (including phenoxy) is 1. The zero-order valence-electron chi connectivity index (χ0n) is 19.6. The first-order valence-electron chi connectivity index (χ1n) is 11.0. The van der Waals surface area contributed by atoms with E-state index in [0.29, 0.717) is 17.1 Å². The largest absolute Gasteiger partial charge is 0.494 e. The third-order valence-corrected chi connectivity index (χ3v) is 5.77. The molecule has 172 valence electrons. The van der Waals surface area contributed by atoms with E-state index in [1.807, 2.05) is 0 Å². The van der Waals surface area contributed by atoms with E-state index in [0.717, 1.165) is 26.1 Å². The molecule has 0 radical (unpaired) electrons. The minimum absolute atomic E-state index is 0.0340. The Bertz CT molecular complexity index is 968. The predicted molar refractivity (Wildman–Crippen MR) is 128 cm³/mol. The second-order valence-corrected chi connectivity index (χ2v) is 9.37. The fraction of sp³-hybridized carbons (Fsp3) is 0.440. The Morgan fingerprint density at radius 3 is 2.47 bits per heavy atom. The van der Waals surface area contributed by atoms with E-state index in [1.165, 1.54) is 25.2 Å². The quantitative estimate of drug-likeness (QED) is 0.630. The first-order valence-corrected chi connectivity index (χ1v) is 11.0. The van der Waals surface area contributed by atoms with Crippen molar-refractivity contribution in [1.29, 1.82) is 0 Å². The molecule has 0 saturated carbocycles. The van der Waals surface area contributed by atoms with Gasteiger partial charge in [0.15, 0.2) is 0 Å². The molecule has 3 rings (SSSR count). The third-order valence-electron chi connectivity index (χ3n) is 5.77. The van der Waals surface area contributed by atoms with Crippen molar-refractivity contribution in [1.82, 2.24) is 10.2 Å². The molecular weight excluding hydrogens is 404 g/mol. The zero-order valence-corrected chi connectivity index (χ0v) is 19.6. The molecule has 32 heavy (non-hydrogen) atoms. The highest BCUT2D eigenvalue weighted by atomic mass is 16.5. The standard InChI is InChI=1S/C25H34N4O3/c1-17(30)26-21-11-10-20(14-22(21)32-5)27-24(31)28-23(25(2,3)4)16-29-13-12-18-8-6-7-9-19(18)15-29/h6-11,14,23H,12-13,15-16H2,1-5H3,(H,26,30)(H2,27,28,31).